The highest BCUT2D eigenvalue weighted by Gasteiger charge is 2.24. The van der Waals surface area contributed by atoms with Gasteiger partial charge in [-0.15, -0.1) is 0 Å². The molecule has 0 saturated carbocycles. The second kappa shape index (κ2) is 28.7. The molecule has 0 aromatic carbocycles. The van der Waals surface area contributed by atoms with Gasteiger partial charge >= 0.3 is 0 Å². The number of carbonyl (C=O) groups excluding carboxylic acids is 1. The van der Waals surface area contributed by atoms with Crippen LogP contribution in [0.25, 0.3) is 0 Å². The summed E-state index contributed by atoms with van der Waals surface area (Å²) >= 11 is 0. The summed E-state index contributed by atoms with van der Waals surface area (Å²) in [7, 11) is -4.34. The van der Waals surface area contributed by atoms with Crippen LogP contribution >= 0.6 is 0 Å². The molecule has 0 bridgehead atoms. The van der Waals surface area contributed by atoms with Crippen LogP contribution in [0.4, 0.5) is 0 Å². The van der Waals surface area contributed by atoms with E-state index in [9.17, 15) is 22.9 Å². The monoisotopic (exact) mass is 597 g/mol. The molecular formula is C34H63NO5S. The van der Waals surface area contributed by atoms with Gasteiger partial charge in [-0.3, -0.25) is 9.35 Å². The Morgan fingerprint density at radius 3 is 1.51 bits per heavy atom. The molecule has 0 aliphatic carbocycles. The number of unbranched alkanes of at least 4 members (excludes halogenated alkanes) is 17. The van der Waals surface area contributed by atoms with E-state index in [0.29, 0.717) is 6.42 Å². The molecule has 0 aromatic heterocycles. The average molecular weight is 598 g/mol. The van der Waals surface area contributed by atoms with Crippen molar-refractivity contribution in [2.24, 2.45) is 0 Å². The summed E-state index contributed by atoms with van der Waals surface area (Å²) in [6.45, 7) is 4.44. The van der Waals surface area contributed by atoms with Gasteiger partial charge in [-0.25, -0.2) is 0 Å². The normalized spacial score (nSPS) is 14.0. The summed E-state index contributed by atoms with van der Waals surface area (Å²) in [4.78, 5) is 12.4. The second-order valence-electron chi connectivity index (χ2n) is 11.4. The van der Waals surface area contributed by atoms with Crippen molar-refractivity contribution in [2.45, 2.75) is 167 Å². The van der Waals surface area contributed by atoms with Gasteiger partial charge in [0.1, 0.15) is 0 Å². The molecule has 0 fully saturated rings. The Hall–Kier alpha value is -1.44. The van der Waals surface area contributed by atoms with Crippen LogP contribution in [0.15, 0.2) is 36.5 Å². The Labute approximate surface area is 253 Å². The molecule has 0 radical (unpaired) electrons. The zero-order valence-corrected chi connectivity index (χ0v) is 27.2. The van der Waals surface area contributed by atoms with Crippen molar-refractivity contribution in [1.29, 1.82) is 0 Å². The summed E-state index contributed by atoms with van der Waals surface area (Å²) in [6.07, 6.45) is 35.5. The lowest BCUT2D eigenvalue weighted by atomic mass is 10.0. The molecule has 6 nitrogen and oxygen atoms in total. The number of allylic oxidation sites excluding steroid dienone is 5. The van der Waals surface area contributed by atoms with E-state index in [0.717, 1.165) is 44.9 Å². The molecule has 0 aliphatic rings. The van der Waals surface area contributed by atoms with Crippen LogP contribution in [0.3, 0.4) is 0 Å². The van der Waals surface area contributed by atoms with Crippen molar-refractivity contribution < 1.29 is 22.9 Å². The van der Waals surface area contributed by atoms with Crippen molar-refractivity contribution in [1.82, 2.24) is 5.32 Å². The SMILES string of the molecule is CCCC/C=C/CC/C=C/CC/C=C/C(O)C(CS(=O)(=O)O)NC(=O)CCCCCCCCCCCCCCCC. The molecule has 2 atom stereocenters. The number of aliphatic hydroxyl groups excluding tert-OH is 1. The highest BCUT2D eigenvalue weighted by atomic mass is 32.2. The molecule has 0 saturated heterocycles. The van der Waals surface area contributed by atoms with E-state index in [4.69, 9.17) is 0 Å². The average Bonchev–Trinajstić information content (AvgIpc) is 2.92. The van der Waals surface area contributed by atoms with Gasteiger partial charge in [-0.2, -0.15) is 8.42 Å². The van der Waals surface area contributed by atoms with Crippen LogP contribution in [0.2, 0.25) is 0 Å². The Bertz CT molecular complexity index is 791. The minimum Gasteiger partial charge on any atom is -0.387 e. The van der Waals surface area contributed by atoms with Gasteiger partial charge in [0.15, 0.2) is 0 Å². The second-order valence-corrected chi connectivity index (χ2v) is 12.9. The lowest BCUT2D eigenvalue weighted by Gasteiger charge is -2.21. The maximum absolute atomic E-state index is 12.4. The van der Waals surface area contributed by atoms with Gasteiger partial charge in [-0.05, 0) is 38.5 Å². The summed E-state index contributed by atoms with van der Waals surface area (Å²) in [5.74, 6) is -1.01. The lowest BCUT2D eigenvalue weighted by molar-refractivity contribution is -0.122. The molecule has 2 unspecified atom stereocenters. The smallest absolute Gasteiger partial charge is 0.267 e. The van der Waals surface area contributed by atoms with Crippen LogP contribution in [0, 0.1) is 0 Å². The maximum Gasteiger partial charge on any atom is 0.267 e. The van der Waals surface area contributed by atoms with Crippen LogP contribution in [-0.4, -0.2) is 41.9 Å². The predicted octanol–water partition coefficient (Wildman–Crippen LogP) is 9.01. The number of rotatable bonds is 29. The third-order valence-corrected chi connectivity index (χ3v) is 8.08. The van der Waals surface area contributed by atoms with Crippen LogP contribution in [-0.2, 0) is 14.9 Å². The number of amides is 1. The fourth-order valence-electron chi connectivity index (χ4n) is 4.76. The molecule has 1 amide bonds. The Kier molecular flexibility index (Phi) is 27.7. The van der Waals surface area contributed by atoms with E-state index in [-0.39, 0.29) is 12.3 Å². The van der Waals surface area contributed by atoms with E-state index in [1.807, 2.05) is 0 Å². The number of hydrogen-bond donors (Lipinski definition) is 3. The molecule has 0 heterocycles. The van der Waals surface area contributed by atoms with Crippen molar-refractivity contribution in [3.63, 3.8) is 0 Å². The molecular weight excluding hydrogens is 534 g/mol. The first kappa shape index (κ1) is 39.6. The first-order chi connectivity index (χ1) is 19.8. The number of hydrogen-bond acceptors (Lipinski definition) is 4. The zero-order chi connectivity index (χ0) is 30.4. The minimum atomic E-state index is -4.34. The summed E-state index contributed by atoms with van der Waals surface area (Å²) in [5, 5.41) is 13.1. The molecule has 3 N–H and O–H groups in total. The predicted molar refractivity (Wildman–Crippen MR) is 175 cm³/mol. The first-order valence-corrected chi connectivity index (χ1v) is 18.3. The highest BCUT2D eigenvalue weighted by molar-refractivity contribution is 7.85. The molecule has 0 aromatic rings. The summed E-state index contributed by atoms with van der Waals surface area (Å²) < 4.78 is 32.2. The molecule has 0 aliphatic heterocycles. The van der Waals surface area contributed by atoms with E-state index in [1.165, 1.54) is 89.5 Å². The van der Waals surface area contributed by atoms with Crippen molar-refractivity contribution in [3.05, 3.63) is 36.5 Å². The third kappa shape index (κ3) is 29.8. The Morgan fingerprint density at radius 2 is 1.05 bits per heavy atom. The quantitative estimate of drug-likeness (QED) is 0.0453. The molecule has 7 heteroatoms. The fraction of sp³-hybridized carbons (Fsp3) is 0.794. The van der Waals surface area contributed by atoms with Gasteiger partial charge in [0.25, 0.3) is 10.1 Å². The molecule has 0 spiro atoms. The van der Waals surface area contributed by atoms with Gasteiger partial charge in [0.2, 0.25) is 5.91 Å². The minimum absolute atomic E-state index is 0.287. The fourth-order valence-corrected chi connectivity index (χ4v) is 5.49. The highest BCUT2D eigenvalue weighted by Crippen LogP contribution is 2.13. The molecule has 240 valence electrons. The number of aliphatic hydroxyl groups is 1. The topological polar surface area (TPSA) is 104 Å². The molecule has 41 heavy (non-hydrogen) atoms. The van der Waals surface area contributed by atoms with E-state index < -0.39 is 28.0 Å². The number of nitrogens with one attached hydrogen (secondary N) is 1. The standard InChI is InChI=1S/C34H63NO5S/c1-3-5-7-9-11-13-15-17-18-20-22-24-26-28-30-34(37)35-32(31-41(38,39)40)33(36)29-27-25-23-21-19-16-14-12-10-8-6-4-2/h10,12,19,21,27,29,32-33,36H,3-9,11,13-18,20,22-26,28,30-31H2,1-2H3,(H,35,37)(H,38,39,40)/b12-10+,21-19+,29-27+. The zero-order valence-electron chi connectivity index (χ0n) is 26.4. The molecule has 0 rings (SSSR count). The van der Waals surface area contributed by atoms with Gasteiger partial charge in [0, 0.05) is 6.42 Å². The van der Waals surface area contributed by atoms with E-state index >= 15 is 0 Å². The van der Waals surface area contributed by atoms with Crippen LogP contribution < -0.4 is 5.32 Å². The van der Waals surface area contributed by atoms with E-state index in [1.54, 1.807) is 6.08 Å². The van der Waals surface area contributed by atoms with Gasteiger partial charge in [0.05, 0.1) is 17.9 Å². The van der Waals surface area contributed by atoms with Crippen molar-refractivity contribution in [2.75, 3.05) is 5.75 Å². The van der Waals surface area contributed by atoms with E-state index in [2.05, 4.69) is 43.5 Å². The van der Waals surface area contributed by atoms with Crippen molar-refractivity contribution in [3.8, 4) is 0 Å². The Morgan fingerprint density at radius 1 is 0.634 bits per heavy atom. The van der Waals surface area contributed by atoms with Crippen LogP contribution in [0.1, 0.15) is 155 Å². The first-order valence-electron chi connectivity index (χ1n) is 16.7. The summed E-state index contributed by atoms with van der Waals surface area (Å²) in [5.41, 5.74) is 0. The van der Waals surface area contributed by atoms with Gasteiger partial charge in [-0.1, -0.05) is 147 Å². The third-order valence-electron chi connectivity index (χ3n) is 7.30. The number of carbonyl (C=O) groups is 1. The van der Waals surface area contributed by atoms with Crippen molar-refractivity contribution >= 4 is 16.0 Å². The van der Waals surface area contributed by atoms with Gasteiger partial charge < -0.3 is 10.4 Å². The Balaban J connectivity index is 4.09. The largest absolute Gasteiger partial charge is 0.387 e. The lowest BCUT2D eigenvalue weighted by Crippen LogP contribution is -2.46. The maximum atomic E-state index is 12.4. The summed E-state index contributed by atoms with van der Waals surface area (Å²) in [6, 6.07) is -1.07. The van der Waals surface area contributed by atoms with Crippen LogP contribution in [0.5, 0.6) is 0 Å².